The van der Waals surface area contributed by atoms with Crippen LogP contribution in [0.2, 0.25) is 0 Å². The van der Waals surface area contributed by atoms with Crippen molar-refractivity contribution in [3.8, 4) is 16.3 Å². The first-order valence-corrected chi connectivity index (χ1v) is 12.0. The van der Waals surface area contributed by atoms with Gasteiger partial charge in [0.1, 0.15) is 5.69 Å². The molecule has 4 rings (SSSR count). The number of thiophene rings is 1. The number of rotatable bonds is 6. The van der Waals surface area contributed by atoms with Crippen LogP contribution in [-0.2, 0) is 19.4 Å². The molecular formula is C20H19N3O5S2. The number of carbonyl (C=O) groups is 2. The predicted molar refractivity (Wildman–Crippen MR) is 112 cm³/mol. The molecular weight excluding hydrogens is 426 g/mol. The number of hydrogen-bond donors (Lipinski definition) is 1. The van der Waals surface area contributed by atoms with Gasteiger partial charge in [-0.15, -0.1) is 11.3 Å². The zero-order valence-corrected chi connectivity index (χ0v) is 17.5. The summed E-state index contributed by atoms with van der Waals surface area (Å²) in [6, 6.07) is 14.1. The van der Waals surface area contributed by atoms with Gasteiger partial charge in [0, 0.05) is 12.1 Å². The summed E-state index contributed by atoms with van der Waals surface area (Å²) >= 11 is 1.50. The molecule has 2 aromatic heterocycles. The lowest BCUT2D eigenvalue weighted by molar-refractivity contribution is -0.124. The molecule has 0 radical (unpaired) electrons. The highest BCUT2D eigenvalue weighted by atomic mass is 32.2. The first kappa shape index (κ1) is 20.3. The number of sulfone groups is 1. The van der Waals surface area contributed by atoms with Gasteiger partial charge < -0.3 is 10.1 Å². The quantitative estimate of drug-likeness (QED) is 0.582. The normalized spacial score (nSPS) is 17.5. The summed E-state index contributed by atoms with van der Waals surface area (Å²) in [7, 11) is -3.10. The maximum Gasteiger partial charge on any atom is 0.357 e. The molecule has 0 spiro atoms. The SMILES string of the molecule is O=C(COC(=O)c1cc(-c2cccs2)nn1-c1ccccc1)N[C@@H]1CCS(=O)(=O)C1. The van der Waals surface area contributed by atoms with Gasteiger partial charge >= 0.3 is 5.97 Å². The number of amides is 1. The van der Waals surface area contributed by atoms with Crippen molar-refractivity contribution in [3.63, 3.8) is 0 Å². The van der Waals surface area contributed by atoms with Gasteiger partial charge in [-0.2, -0.15) is 5.10 Å². The van der Waals surface area contributed by atoms with Crippen molar-refractivity contribution in [3.05, 3.63) is 59.6 Å². The van der Waals surface area contributed by atoms with E-state index in [-0.39, 0.29) is 17.2 Å². The van der Waals surface area contributed by atoms with Crippen molar-refractivity contribution in [2.45, 2.75) is 12.5 Å². The minimum atomic E-state index is -3.10. The third-order valence-corrected chi connectivity index (χ3v) is 7.29. The van der Waals surface area contributed by atoms with E-state index in [1.807, 2.05) is 47.8 Å². The summed E-state index contributed by atoms with van der Waals surface area (Å²) in [5, 5.41) is 9.05. The molecule has 1 aromatic carbocycles. The third-order valence-electron chi connectivity index (χ3n) is 4.62. The summed E-state index contributed by atoms with van der Waals surface area (Å²) < 4.78 is 29.7. The Labute approximate surface area is 177 Å². The molecule has 1 atom stereocenters. The fraction of sp³-hybridized carbons (Fsp3) is 0.250. The first-order chi connectivity index (χ1) is 14.4. The molecule has 0 aliphatic carbocycles. The number of ether oxygens (including phenoxy) is 1. The van der Waals surface area contributed by atoms with Gasteiger partial charge in [0.05, 0.1) is 22.1 Å². The Hall–Kier alpha value is -2.98. The van der Waals surface area contributed by atoms with Crippen molar-refractivity contribution in [1.82, 2.24) is 15.1 Å². The van der Waals surface area contributed by atoms with Gasteiger partial charge in [-0.1, -0.05) is 24.3 Å². The van der Waals surface area contributed by atoms with Crippen LogP contribution in [0.1, 0.15) is 16.9 Å². The Kier molecular flexibility index (Phi) is 5.69. The molecule has 156 valence electrons. The van der Waals surface area contributed by atoms with Crippen LogP contribution in [0.25, 0.3) is 16.3 Å². The number of esters is 1. The molecule has 1 aliphatic rings. The van der Waals surface area contributed by atoms with Gasteiger partial charge in [0.2, 0.25) is 0 Å². The molecule has 1 N–H and O–H groups in total. The maximum absolute atomic E-state index is 12.7. The topological polar surface area (TPSA) is 107 Å². The molecule has 0 bridgehead atoms. The number of carbonyl (C=O) groups excluding carboxylic acids is 2. The number of nitrogens with zero attached hydrogens (tertiary/aromatic N) is 2. The molecule has 30 heavy (non-hydrogen) atoms. The van der Waals surface area contributed by atoms with Crippen LogP contribution < -0.4 is 5.32 Å². The standard InChI is InChI=1S/C20H19N3O5S2/c24-19(21-14-8-10-30(26,27)13-14)12-28-20(25)17-11-16(18-7-4-9-29-18)22-23(17)15-5-2-1-3-6-15/h1-7,9,11,14H,8,10,12-13H2,(H,21,24)/t14-/m1/s1. The lowest BCUT2D eigenvalue weighted by Crippen LogP contribution is -2.38. The van der Waals surface area contributed by atoms with E-state index in [9.17, 15) is 18.0 Å². The number of nitrogens with one attached hydrogen (secondary N) is 1. The minimum absolute atomic E-state index is 0.0551. The summed E-state index contributed by atoms with van der Waals surface area (Å²) in [5.41, 5.74) is 1.51. The van der Waals surface area contributed by atoms with Crippen molar-refractivity contribution in [2.75, 3.05) is 18.1 Å². The van der Waals surface area contributed by atoms with Gasteiger partial charge in [-0.05, 0) is 30.0 Å². The van der Waals surface area contributed by atoms with Gasteiger partial charge in [0.15, 0.2) is 22.1 Å². The van der Waals surface area contributed by atoms with Crippen LogP contribution in [0.4, 0.5) is 0 Å². The second-order valence-electron chi connectivity index (χ2n) is 6.88. The highest BCUT2D eigenvalue weighted by Crippen LogP contribution is 2.26. The van der Waals surface area contributed by atoms with E-state index in [2.05, 4.69) is 10.4 Å². The average Bonchev–Trinajstić information content (AvgIpc) is 3.46. The summed E-state index contributed by atoms with van der Waals surface area (Å²) in [4.78, 5) is 25.7. The van der Waals surface area contributed by atoms with E-state index in [1.54, 1.807) is 6.07 Å². The van der Waals surface area contributed by atoms with E-state index < -0.39 is 34.4 Å². The molecule has 8 nitrogen and oxygen atoms in total. The zero-order chi connectivity index (χ0) is 21.1. The molecule has 0 saturated carbocycles. The third kappa shape index (κ3) is 4.60. The van der Waals surface area contributed by atoms with Gasteiger partial charge in [-0.3, -0.25) is 4.79 Å². The van der Waals surface area contributed by atoms with Crippen LogP contribution in [0, 0.1) is 0 Å². The van der Waals surface area contributed by atoms with Crippen molar-refractivity contribution < 1.29 is 22.7 Å². The fourth-order valence-corrected chi connectivity index (χ4v) is 5.58. The Morgan fingerprint density at radius 1 is 1.20 bits per heavy atom. The number of benzene rings is 1. The van der Waals surface area contributed by atoms with Gasteiger partial charge in [0.25, 0.3) is 5.91 Å². The summed E-state index contributed by atoms with van der Waals surface area (Å²) in [5.74, 6) is -1.25. The smallest absolute Gasteiger partial charge is 0.357 e. The largest absolute Gasteiger partial charge is 0.451 e. The average molecular weight is 446 g/mol. The first-order valence-electron chi connectivity index (χ1n) is 9.27. The van der Waals surface area contributed by atoms with Crippen LogP contribution in [-0.4, -0.2) is 54.2 Å². The fourth-order valence-electron chi connectivity index (χ4n) is 3.22. The minimum Gasteiger partial charge on any atom is -0.451 e. The Bertz CT molecular complexity index is 1150. The monoisotopic (exact) mass is 445 g/mol. The number of para-hydroxylation sites is 1. The Morgan fingerprint density at radius 3 is 2.67 bits per heavy atom. The van der Waals surface area contributed by atoms with E-state index in [1.165, 1.54) is 16.0 Å². The van der Waals surface area contributed by atoms with Crippen LogP contribution in [0.3, 0.4) is 0 Å². The van der Waals surface area contributed by atoms with Crippen molar-refractivity contribution >= 4 is 33.1 Å². The second kappa shape index (κ2) is 8.41. The molecule has 1 fully saturated rings. The van der Waals surface area contributed by atoms with Crippen LogP contribution in [0.15, 0.2) is 53.9 Å². The summed E-state index contributed by atoms with van der Waals surface area (Å²) in [6.07, 6.45) is 0.368. The molecule has 3 heterocycles. The van der Waals surface area contributed by atoms with Crippen molar-refractivity contribution in [1.29, 1.82) is 0 Å². The second-order valence-corrected chi connectivity index (χ2v) is 10.1. The molecule has 0 unspecified atom stereocenters. The highest BCUT2D eigenvalue weighted by Gasteiger charge is 2.29. The molecule has 1 aliphatic heterocycles. The molecule has 3 aromatic rings. The molecule has 1 amide bonds. The zero-order valence-electron chi connectivity index (χ0n) is 15.9. The van der Waals surface area contributed by atoms with Crippen molar-refractivity contribution in [2.24, 2.45) is 0 Å². The van der Waals surface area contributed by atoms with Gasteiger partial charge in [-0.25, -0.2) is 17.9 Å². The predicted octanol–water partition coefficient (Wildman–Crippen LogP) is 2.06. The number of aromatic nitrogens is 2. The molecule has 1 saturated heterocycles. The number of hydrogen-bond acceptors (Lipinski definition) is 7. The Morgan fingerprint density at radius 2 is 2.00 bits per heavy atom. The van der Waals surface area contributed by atoms with E-state index in [0.29, 0.717) is 17.8 Å². The van der Waals surface area contributed by atoms with Crippen LogP contribution in [0.5, 0.6) is 0 Å². The van der Waals surface area contributed by atoms with Crippen LogP contribution >= 0.6 is 11.3 Å². The Balaban J connectivity index is 1.48. The van der Waals surface area contributed by atoms with E-state index in [0.717, 1.165) is 4.88 Å². The summed E-state index contributed by atoms with van der Waals surface area (Å²) in [6.45, 7) is -0.496. The van der Waals surface area contributed by atoms with E-state index in [4.69, 9.17) is 4.74 Å². The lowest BCUT2D eigenvalue weighted by atomic mass is 10.2. The highest BCUT2D eigenvalue weighted by molar-refractivity contribution is 7.91. The molecule has 10 heteroatoms. The maximum atomic E-state index is 12.7. The lowest BCUT2D eigenvalue weighted by Gasteiger charge is -2.11. The van der Waals surface area contributed by atoms with E-state index >= 15 is 0 Å².